The molecule has 0 saturated carbocycles. The van der Waals surface area contributed by atoms with Crippen molar-refractivity contribution in [2.75, 3.05) is 0 Å². The molecule has 0 N–H and O–H groups in total. The molecule has 4 rings (SSSR count). The molecule has 1 aromatic heterocycles. The first-order chi connectivity index (χ1) is 11.9. The molecule has 7 nitrogen and oxygen atoms in total. The lowest BCUT2D eigenvalue weighted by atomic mass is 10.2. The van der Waals surface area contributed by atoms with Gasteiger partial charge in [-0.3, -0.25) is 13.7 Å². The monoisotopic (exact) mass is 337 g/mol. The number of aryl methyl sites for hydroxylation is 2. The summed E-state index contributed by atoms with van der Waals surface area (Å²) >= 11 is 0. The van der Waals surface area contributed by atoms with Crippen LogP contribution in [0.25, 0.3) is 22.4 Å². The van der Waals surface area contributed by atoms with Gasteiger partial charge in [0.25, 0.3) is 0 Å². The summed E-state index contributed by atoms with van der Waals surface area (Å²) in [5, 5.41) is 1.15. The highest BCUT2D eigenvalue weighted by Gasteiger charge is 2.18. The summed E-state index contributed by atoms with van der Waals surface area (Å²) in [6.45, 7) is 2.49. The number of hydrogen-bond donors (Lipinski definition) is 0. The lowest BCUT2D eigenvalue weighted by Crippen LogP contribution is -2.31. The molecule has 0 fully saturated rings. The minimum Gasteiger partial charge on any atom is -0.346 e. The highest BCUT2D eigenvalue weighted by Crippen LogP contribution is 2.21. The summed E-state index contributed by atoms with van der Waals surface area (Å²) in [7, 11) is 5.29. The van der Waals surface area contributed by atoms with Crippen molar-refractivity contribution in [3.63, 3.8) is 0 Å². The average Bonchev–Trinajstić information content (AvgIpc) is 3.03. The standard InChI is InChI=1S/C18H19N5O2/c1-11-5-6-14-12(7-11)8-13(20(14)2)9-23-10-15-16(22(4)18(23)25)19-17(24)21(15)3/h5-8,10H,9H2,1-4H3. The summed E-state index contributed by atoms with van der Waals surface area (Å²) in [6, 6.07) is 8.40. The van der Waals surface area contributed by atoms with Crippen LogP contribution in [0.3, 0.4) is 0 Å². The van der Waals surface area contributed by atoms with E-state index >= 15 is 0 Å². The Bertz CT molecular complexity index is 1200. The third-order valence-corrected chi connectivity index (χ3v) is 4.84. The van der Waals surface area contributed by atoms with Crippen LogP contribution in [0.15, 0.2) is 40.1 Å². The lowest BCUT2D eigenvalue weighted by molar-refractivity contribution is 0.633. The molecule has 0 saturated heterocycles. The molecule has 0 radical (unpaired) electrons. The maximum Gasteiger partial charge on any atom is 0.349 e. The fourth-order valence-electron chi connectivity index (χ4n) is 3.32. The SMILES string of the molecule is Cc1ccc2c(c1)cc(Cn1cc3n(C)c(=O)nc-3n(C)c1=O)n2C. The fraction of sp³-hybridized carbons (Fsp3) is 0.278. The number of fused-ring (bicyclic) bond motifs is 2. The molecule has 2 aliphatic rings. The van der Waals surface area contributed by atoms with Gasteiger partial charge >= 0.3 is 11.4 Å². The third kappa shape index (κ3) is 2.23. The molecule has 2 aromatic rings. The van der Waals surface area contributed by atoms with Crippen LogP contribution in [0.2, 0.25) is 0 Å². The zero-order valence-corrected chi connectivity index (χ0v) is 14.6. The smallest absolute Gasteiger partial charge is 0.346 e. The summed E-state index contributed by atoms with van der Waals surface area (Å²) in [4.78, 5) is 28.4. The fourth-order valence-corrected chi connectivity index (χ4v) is 3.32. The Hall–Kier alpha value is -3.09. The molecule has 7 heteroatoms. The Labute approximate surface area is 143 Å². The van der Waals surface area contributed by atoms with Gasteiger partial charge in [-0.1, -0.05) is 11.6 Å². The first kappa shape index (κ1) is 15.4. The van der Waals surface area contributed by atoms with E-state index in [2.05, 4.69) is 40.7 Å². The number of nitrogens with zero attached hydrogens (tertiary/aromatic N) is 5. The van der Waals surface area contributed by atoms with Crippen molar-refractivity contribution < 1.29 is 0 Å². The van der Waals surface area contributed by atoms with Crippen molar-refractivity contribution in [2.24, 2.45) is 21.1 Å². The Morgan fingerprint density at radius 3 is 2.52 bits per heavy atom. The van der Waals surface area contributed by atoms with Crippen molar-refractivity contribution in [1.82, 2.24) is 23.3 Å². The summed E-state index contributed by atoms with van der Waals surface area (Å²) in [5.41, 5.74) is 3.43. The highest BCUT2D eigenvalue weighted by atomic mass is 16.2. The molecular formula is C18H19N5O2. The van der Waals surface area contributed by atoms with Gasteiger partial charge in [0, 0.05) is 43.9 Å². The Kier molecular flexibility index (Phi) is 3.21. The van der Waals surface area contributed by atoms with Crippen molar-refractivity contribution in [3.05, 3.63) is 62.7 Å². The van der Waals surface area contributed by atoms with Crippen LogP contribution in [0.1, 0.15) is 11.3 Å². The third-order valence-electron chi connectivity index (χ3n) is 4.84. The van der Waals surface area contributed by atoms with Gasteiger partial charge in [-0.2, -0.15) is 4.98 Å². The van der Waals surface area contributed by atoms with Crippen LogP contribution in [-0.4, -0.2) is 23.3 Å². The Morgan fingerprint density at radius 2 is 1.76 bits per heavy atom. The van der Waals surface area contributed by atoms with Crippen LogP contribution in [0, 0.1) is 6.92 Å². The van der Waals surface area contributed by atoms with E-state index < -0.39 is 0 Å². The molecule has 3 heterocycles. The van der Waals surface area contributed by atoms with Crippen LogP contribution >= 0.6 is 0 Å². The Balaban J connectivity index is 1.89. The highest BCUT2D eigenvalue weighted by molar-refractivity contribution is 5.82. The first-order valence-corrected chi connectivity index (χ1v) is 8.04. The topological polar surface area (TPSA) is 66.8 Å². The first-order valence-electron chi connectivity index (χ1n) is 8.04. The molecule has 0 bridgehead atoms. The van der Waals surface area contributed by atoms with Gasteiger partial charge in [-0.15, -0.1) is 0 Å². The van der Waals surface area contributed by atoms with E-state index in [1.54, 1.807) is 24.9 Å². The normalized spacial score (nSPS) is 11.7. The molecule has 0 amide bonds. The van der Waals surface area contributed by atoms with Crippen LogP contribution < -0.4 is 11.4 Å². The van der Waals surface area contributed by atoms with Crippen molar-refractivity contribution >= 4 is 10.9 Å². The van der Waals surface area contributed by atoms with E-state index in [1.165, 1.54) is 14.7 Å². The number of benzene rings is 1. The molecule has 1 aromatic carbocycles. The number of imidazole rings is 1. The van der Waals surface area contributed by atoms with E-state index in [0.29, 0.717) is 18.1 Å². The van der Waals surface area contributed by atoms with Gasteiger partial charge in [0.1, 0.15) is 5.69 Å². The molecular weight excluding hydrogens is 318 g/mol. The zero-order chi connectivity index (χ0) is 17.9. The van der Waals surface area contributed by atoms with Gasteiger partial charge in [0.2, 0.25) is 0 Å². The second kappa shape index (κ2) is 5.20. The van der Waals surface area contributed by atoms with Gasteiger partial charge < -0.3 is 4.57 Å². The Morgan fingerprint density at radius 1 is 1.00 bits per heavy atom. The molecule has 2 aliphatic heterocycles. The molecule has 0 atom stereocenters. The van der Waals surface area contributed by atoms with E-state index in [4.69, 9.17) is 0 Å². The number of rotatable bonds is 2. The van der Waals surface area contributed by atoms with Gasteiger partial charge in [0.15, 0.2) is 5.82 Å². The predicted octanol–water partition coefficient (Wildman–Crippen LogP) is 1.23. The van der Waals surface area contributed by atoms with Gasteiger partial charge in [-0.25, -0.2) is 9.59 Å². The van der Waals surface area contributed by atoms with Crippen LogP contribution in [0.4, 0.5) is 0 Å². The predicted molar refractivity (Wildman–Crippen MR) is 96.1 cm³/mol. The maximum atomic E-state index is 12.7. The van der Waals surface area contributed by atoms with Crippen molar-refractivity contribution in [2.45, 2.75) is 13.5 Å². The molecule has 128 valence electrons. The minimum absolute atomic E-state index is 0.202. The molecule has 0 spiro atoms. The molecule has 25 heavy (non-hydrogen) atoms. The molecule has 0 aliphatic carbocycles. The summed E-state index contributed by atoms with van der Waals surface area (Å²) in [6.07, 6.45) is 1.70. The van der Waals surface area contributed by atoms with Gasteiger partial charge in [-0.05, 0) is 25.1 Å². The minimum atomic E-state index is -0.358. The van der Waals surface area contributed by atoms with Gasteiger partial charge in [0.05, 0.1) is 6.54 Å². The largest absolute Gasteiger partial charge is 0.349 e. The van der Waals surface area contributed by atoms with Crippen LogP contribution in [-0.2, 0) is 27.7 Å². The quantitative estimate of drug-likeness (QED) is 0.553. The van der Waals surface area contributed by atoms with E-state index in [1.807, 2.05) is 7.05 Å². The number of aromatic nitrogens is 5. The van der Waals surface area contributed by atoms with Crippen LogP contribution in [0.5, 0.6) is 0 Å². The maximum absolute atomic E-state index is 12.7. The summed E-state index contributed by atoms with van der Waals surface area (Å²) in [5.74, 6) is 0.404. The second-order valence-corrected chi connectivity index (χ2v) is 6.52. The van der Waals surface area contributed by atoms with E-state index in [9.17, 15) is 9.59 Å². The second-order valence-electron chi connectivity index (χ2n) is 6.52. The zero-order valence-electron chi connectivity index (χ0n) is 14.6. The van der Waals surface area contributed by atoms with E-state index in [-0.39, 0.29) is 11.4 Å². The molecule has 0 unspecified atom stereocenters. The summed E-state index contributed by atoms with van der Waals surface area (Å²) < 4.78 is 6.58. The average molecular weight is 337 g/mol. The number of hydrogen-bond acceptors (Lipinski definition) is 3. The lowest BCUT2D eigenvalue weighted by Gasteiger charge is -2.13. The van der Waals surface area contributed by atoms with E-state index in [0.717, 1.165) is 16.6 Å². The van der Waals surface area contributed by atoms with Crippen molar-refractivity contribution in [1.29, 1.82) is 0 Å². The van der Waals surface area contributed by atoms with Crippen molar-refractivity contribution in [3.8, 4) is 11.5 Å².